The van der Waals surface area contributed by atoms with Crippen LogP contribution in [0.25, 0.3) is 0 Å². The zero-order chi connectivity index (χ0) is 15.9. The van der Waals surface area contributed by atoms with Crippen LogP contribution in [0.5, 0.6) is 0 Å². The molecule has 0 radical (unpaired) electrons. The van der Waals surface area contributed by atoms with Crippen LogP contribution in [0.3, 0.4) is 0 Å². The number of carbonyl (C=O) groups is 3. The second-order valence-electron chi connectivity index (χ2n) is 6.08. The van der Waals surface area contributed by atoms with E-state index in [0.29, 0.717) is 17.3 Å². The molecule has 2 amide bonds. The van der Waals surface area contributed by atoms with Gasteiger partial charge in [-0.25, -0.2) is 0 Å². The molecule has 1 heterocycles. The van der Waals surface area contributed by atoms with Crippen molar-refractivity contribution in [2.45, 2.75) is 25.8 Å². The van der Waals surface area contributed by atoms with Gasteiger partial charge in [-0.05, 0) is 38.9 Å². The van der Waals surface area contributed by atoms with Crippen molar-refractivity contribution in [2.75, 3.05) is 25.2 Å². The summed E-state index contributed by atoms with van der Waals surface area (Å²) in [6, 6.07) is 5.71. The smallest absolute Gasteiger partial charge is 0.300 e. The molecule has 1 N–H and O–H groups in total. The van der Waals surface area contributed by atoms with E-state index in [9.17, 15) is 14.4 Å². The van der Waals surface area contributed by atoms with Gasteiger partial charge in [0.1, 0.15) is 0 Å². The number of anilines is 1. The maximum atomic E-state index is 12.1. The predicted molar refractivity (Wildman–Crippen MR) is 81.7 cm³/mol. The number of aryl methyl sites for hydroxylation is 1. The molecule has 0 aromatic heterocycles. The predicted octanol–water partition coefficient (Wildman–Crippen LogP) is 0.692. The normalized spacial score (nSPS) is 17.1. The highest BCUT2D eigenvalue weighted by Gasteiger charge is 2.36. The van der Waals surface area contributed by atoms with E-state index in [1.165, 1.54) is 4.90 Å². The highest BCUT2D eigenvalue weighted by Crippen LogP contribution is 2.29. The van der Waals surface area contributed by atoms with Crippen LogP contribution in [-0.4, -0.2) is 48.8 Å². The maximum absolute atomic E-state index is 12.1. The van der Waals surface area contributed by atoms with Crippen molar-refractivity contribution in [3.05, 3.63) is 29.3 Å². The number of benzene rings is 1. The number of nitrogens with zero attached hydrogens (tertiary/aromatic N) is 2. The van der Waals surface area contributed by atoms with Crippen LogP contribution in [0.1, 0.15) is 28.8 Å². The van der Waals surface area contributed by atoms with Gasteiger partial charge in [-0.15, -0.1) is 0 Å². The molecule has 6 nitrogen and oxygen atoms in total. The molecule has 1 saturated carbocycles. The van der Waals surface area contributed by atoms with Crippen molar-refractivity contribution in [1.82, 2.24) is 10.2 Å². The third kappa shape index (κ3) is 2.87. The van der Waals surface area contributed by atoms with E-state index < -0.39 is 11.7 Å². The molecule has 6 heteroatoms. The Morgan fingerprint density at radius 3 is 2.77 bits per heavy atom. The van der Waals surface area contributed by atoms with Crippen molar-refractivity contribution in [2.24, 2.45) is 0 Å². The average molecular weight is 301 g/mol. The van der Waals surface area contributed by atoms with Gasteiger partial charge in [0.05, 0.1) is 24.5 Å². The van der Waals surface area contributed by atoms with Crippen LogP contribution in [0, 0.1) is 6.92 Å². The molecule has 1 fully saturated rings. The van der Waals surface area contributed by atoms with Gasteiger partial charge in [0, 0.05) is 6.04 Å². The Morgan fingerprint density at radius 2 is 2.09 bits per heavy atom. The molecule has 22 heavy (non-hydrogen) atoms. The lowest BCUT2D eigenvalue weighted by molar-refractivity contribution is -0.122. The summed E-state index contributed by atoms with van der Waals surface area (Å²) in [5, 5.41) is 2.91. The van der Waals surface area contributed by atoms with Crippen LogP contribution in [0.4, 0.5) is 5.69 Å². The van der Waals surface area contributed by atoms with Crippen LogP contribution in [0.2, 0.25) is 0 Å². The highest BCUT2D eigenvalue weighted by molar-refractivity contribution is 6.52. The second kappa shape index (κ2) is 5.53. The van der Waals surface area contributed by atoms with Gasteiger partial charge in [0.25, 0.3) is 5.78 Å². The van der Waals surface area contributed by atoms with Crippen molar-refractivity contribution < 1.29 is 14.4 Å². The fourth-order valence-corrected chi connectivity index (χ4v) is 2.59. The molecule has 0 spiro atoms. The highest BCUT2D eigenvalue weighted by atomic mass is 16.2. The number of hydrogen-bond donors (Lipinski definition) is 1. The van der Waals surface area contributed by atoms with E-state index >= 15 is 0 Å². The Morgan fingerprint density at radius 1 is 1.36 bits per heavy atom. The van der Waals surface area contributed by atoms with Crippen molar-refractivity contribution >= 4 is 23.3 Å². The van der Waals surface area contributed by atoms with Crippen molar-refractivity contribution in [3.63, 3.8) is 0 Å². The molecule has 1 aromatic carbocycles. The Bertz CT molecular complexity index is 652. The number of ketones is 1. The summed E-state index contributed by atoms with van der Waals surface area (Å²) in [5.74, 6) is -1.06. The van der Waals surface area contributed by atoms with Crippen LogP contribution < -0.4 is 10.2 Å². The van der Waals surface area contributed by atoms with Crippen LogP contribution in [-0.2, 0) is 9.59 Å². The van der Waals surface area contributed by atoms with Gasteiger partial charge in [-0.2, -0.15) is 0 Å². The number of fused-ring (bicyclic) bond motifs is 1. The fourth-order valence-electron chi connectivity index (χ4n) is 2.59. The molecule has 1 aliphatic heterocycles. The van der Waals surface area contributed by atoms with E-state index in [1.54, 1.807) is 24.1 Å². The number of hydrogen-bond acceptors (Lipinski definition) is 4. The number of Topliss-reactive ketones (excluding diaryl/α,β-unsaturated/α-hetero) is 1. The molecule has 0 bridgehead atoms. The molecular formula is C16H19N3O3. The third-order valence-electron chi connectivity index (χ3n) is 3.87. The standard InChI is InChI=1S/C16H19N3O3/c1-10-3-6-13-12(7-10)15(21)16(22)19(13)9-18(2)8-14(20)17-11-4-5-11/h3,6-7,11H,4-5,8-9H2,1-2H3,(H,17,20). The van der Waals surface area contributed by atoms with E-state index in [0.717, 1.165) is 18.4 Å². The first-order chi connectivity index (χ1) is 10.5. The molecule has 0 unspecified atom stereocenters. The number of nitrogens with one attached hydrogen (secondary N) is 1. The van der Waals surface area contributed by atoms with E-state index in [1.807, 2.05) is 13.0 Å². The molecule has 3 rings (SSSR count). The Hall–Kier alpha value is -2.21. The van der Waals surface area contributed by atoms with Crippen molar-refractivity contribution in [3.8, 4) is 0 Å². The second-order valence-corrected chi connectivity index (χ2v) is 6.08. The molecule has 116 valence electrons. The number of carbonyl (C=O) groups excluding carboxylic acids is 3. The zero-order valence-corrected chi connectivity index (χ0v) is 12.8. The monoisotopic (exact) mass is 301 g/mol. The van der Waals surface area contributed by atoms with E-state index in [4.69, 9.17) is 0 Å². The maximum Gasteiger partial charge on any atom is 0.300 e. The summed E-state index contributed by atoms with van der Waals surface area (Å²) in [4.78, 5) is 39.1. The summed E-state index contributed by atoms with van der Waals surface area (Å²) in [6.45, 7) is 2.31. The summed E-state index contributed by atoms with van der Waals surface area (Å²) >= 11 is 0. The quantitative estimate of drug-likeness (QED) is 0.813. The first-order valence-electron chi connectivity index (χ1n) is 7.40. The minimum absolute atomic E-state index is 0.0490. The Balaban J connectivity index is 1.68. The van der Waals surface area contributed by atoms with Crippen LogP contribution in [0.15, 0.2) is 18.2 Å². The summed E-state index contributed by atoms with van der Waals surface area (Å²) in [5.41, 5.74) is 2.01. The lowest BCUT2D eigenvalue weighted by Gasteiger charge is -2.24. The van der Waals surface area contributed by atoms with Gasteiger partial charge in [-0.3, -0.25) is 24.2 Å². The number of amides is 2. The van der Waals surface area contributed by atoms with Gasteiger partial charge >= 0.3 is 5.91 Å². The van der Waals surface area contributed by atoms with E-state index in [2.05, 4.69) is 5.32 Å². The molecule has 0 saturated heterocycles. The van der Waals surface area contributed by atoms with E-state index in [-0.39, 0.29) is 19.1 Å². The lowest BCUT2D eigenvalue weighted by Crippen LogP contribution is -2.43. The van der Waals surface area contributed by atoms with Crippen molar-refractivity contribution in [1.29, 1.82) is 0 Å². The zero-order valence-electron chi connectivity index (χ0n) is 12.8. The first kappa shape index (κ1) is 14.7. The number of likely N-dealkylation sites (N-methyl/N-ethyl adjacent to an activating group) is 1. The third-order valence-corrected chi connectivity index (χ3v) is 3.87. The Labute approximate surface area is 129 Å². The molecule has 1 aliphatic carbocycles. The topological polar surface area (TPSA) is 69.7 Å². The van der Waals surface area contributed by atoms with Gasteiger partial charge < -0.3 is 5.32 Å². The summed E-state index contributed by atoms with van der Waals surface area (Å²) in [7, 11) is 1.76. The Kier molecular flexibility index (Phi) is 3.70. The SMILES string of the molecule is Cc1ccc2c(c1)C(=O)C(=O)N2CN(C)CC(=O)NC1CC1. The molecule has 0 atom stereocenters. The minimum atomic E-state index is -0.532. The summed E-state index contributed by atoms with van der Waals surface area (Å²) in [6.07, 6.45) is 2.09. The minimum Gasteiger partial charge on any atom is -0.352 e. The van der Waals surface area contributed by atoms with Gasteiger partial charge in [0.15, 0.2) is 0 Å². The molecular weight excluding hydrogens is 282 g/mol. The molecule has 2 aliphatic rings. The van der Waals surface area contributed by atoms with Gasteiger partial charge in [0.2, 0.25) is 5.91 Å². The average Bonchev–Trinajstić information content (AvgIpc) is 3.23. The first-order valence-corrected chi connectivity index (χ1v) is 7.40. The summed E-state index contributed by atoms with van der Waals surface area (Å²) < 4.78 is 0. The largest absolute Gasteiger partial charge is 0.352 e. The number of rotatable bonds is 5. The van der Waals surface area contributed by atoms with Crippen LogP contribution >= 0.6 is 0 Å². The fraction of sp³-hybridized carbons (Fsp3) is 0.438. The lowest BCUT2D eigenvalue weighted by atomic mass is 10.1. The molecule has 1 aromatic rings. The van der Waals surface area contributed by atoms with Gasteiger partial charge in [-0.1, -0.05) is 11.6 Å².